The number of fused-ring (bicyclic) bond motifs is 5. The topological polar surface area (TPSA) is 18.5 Å². The van der Waals surface area contributed by atoms with Crippen molar-refractivity contribution >= 4 is 0 Å². The van der Waals surface area contributed by atoms with Gasteiger partial charge in [0.25, 0.3) is 0 Å². The van der Waals surface area contributed by atoms with Crippen molar-refractivity contribution in [2.24, 2.45) is 23.7 Å². The maximum absolute atomic E-state index is 12.9. The summed E-state index contributed by atoms with van der Waals surface area (Å²) in [5, 5.41) is 0. The first-order valence-electron chi connectivity index (χ1n) is 7.52. The van der Waals surface area contributed by atoms with Crippen molar-refractivity contribution in [3.05, 3.63) is 12.2 Å². The minimum absolute atomic E-state index is 0.372. The molecular formula is C15H19F5O2. The number of ether oxygens (including phenoxy) is 2. The van der Waals surface area contributed by atoms with Gasteiger partial charge in [0.1, 0.15) is 0 Å². The van der Waals surface area contributed by atoms with E-state index in [-0.39, 0.29) is 0 Å². The van der Waals surface area contributed by atoms with E-state index in [0.717, 1.165) is 6.42 Å². The van der Waals surface area contributed by atoms with Gasteiger partial charge in [0, 0.05) is 12.8 Å². The second-order valence-electron chi connectivity index (χ2n) is 6.73. The third kappa shape index (κ3) is 2.77. The van der Waals surface area contributed by atoms with E-state index < -0.39 is 30.9 Å². The first-order valence-corrected chi connectivity index (χ1v) is 7.52. The second kappa shape index (κ2) is 5.16. The zero-order chi connectivity index (χ0) is 16.2. The lowest BCUT2D eigenvalue weighted by atomic mass is 9.77. The molecule has 2 aliphatic carbocycles. The van der Waals surface area contributed by atoms with Crippen LogP contribution >= 0.6 is 0 Å². The van der Waals surface area contributed by atoms with Crippen LogP contribution in [0.4, 0.5) is 22.0 Å². The Morgan fingerprint density at radius 1 is 1.14 bits per heavy atom. The molecule has 0 amide bonds. The third-order valence-corrected chi connectivity index (χ3v) is 5.23. The molecule has 0 aromatic rings. The zero-order valence-electron chi connectivity index (χ0n) is 12.2. The fraction of sp³-hybridized carbons (Fsp3) is 0.867. The molecule has 126 valence electrons. The highest BCUT2D eigenvalue weighted by Crippen LogP contribution is 2.54. The quantitative estimate of drug-likeness (QED) is 0.570. The monoisotopic (exact) mass is 326 g/mol. The first-order chi connectivity index (χ1) is 10.1. The summed E-state index contributed by atoms with van der Waals surface area (Å²) in [4.78, 5) is 0. The van der Waals surface area contributed by atoms with Gasteiger partial charge in [0.05, 0.1) is 13.2 Å². The molecule has 3 rings (SSSR count). The van der Waals surface area contributed by atoms with Gasteiger partial charge in [-0.25, -0.2) is 0 Å². The highest BCUT2D eigenvalue weighted by Gasteiger charge is 2.57. The normalized spacial score (nSPS) is 41.0. The maximum Gasteiger partial charge on any atom is 0.453 e. The van der Waals surface area contributed by atoms with Crippen LogP contribution in [0.15, 0.2) is 12.2 Å². The summed E-state index contributed by atoms with van der Waals surface area (Å²) in [6.45, 7) is 1.43. The van der Waals surface area contributed by atoms with Crippen molar-refractivity contribution < 1.29 is 31.4 Å². The second-order valence-corrected chi connectivity index (χ2v) is 6.73. The fourth-order valence-corrected chi connectivity index (χ4v) is 3.97. The van der Waals surface area contributed by atoms with Gasteiger partial charge < -0.3 is 9.47 Å². The molecule has 0 radical (unpaired) electrons. The van der Waals surface area contributed by atoms with Crippen LogP contribution in [0, 0.1) is 23.7 Å². The molecule has 2 nitrogen and oxygen atoms in total. The van der Waals surface area contributed by atoms with Crippen LogP contribution in [0.1, 0.15) is 26.2 Å². The Bertz CT molecular complexity index is 461. The van der Waals surface area contributed by atoms with E-state index in [1.54, 1.807) is 6.92 Å². The largest absolute Gasteiger partial charge is 0.453 e. The fourth-order valence-electron chi connectivity index (χ4n) is 3.97. The molecule has 0 aromatic carbocycles. The Labute approximate surface area is 125 Å². The molecule has 1 heterocycles. The molecule has 5 unspecified atom stereocenters. The molecule has 1 saturated heterocycles. The smallest absolute Gasteiger partial charge is 0.350 e. The number of hydrogen-bond donors (Lipinski definition) is 0. The van der Waals surface area contributed by atoms with Gasteiger partial charge in [0.2, 0.25) is 0 Å². The van der Waals surface area contributed by atoms with Crippen LogP contribution in [0.3, 0.4) is 0 Å². The number of rotatable bonds is 4. The van der Waals surface area contributed by atoms with E-state index in [4.69, 9.17) is 9.47 Å². The molecule has 7 heteroatoms. The van der Waals surface area contributed by atoms with Crippen molar-refractivity contribution in [1.29, 1.82) is 0 Å². The summed E-state index contributed by atoms with van der Waals surface area (Å²) in [6.07, 6.45) is -0.916. The molecular weight excluding hydrogens is 307 g/mol. The number of hydrogen-bond acceptors (Lipinski definition) is 2. The lowest BCUT2D eigenvalue weighted by Gasteiger charge is -2.43. The van der Waals surface area contributed by atoms with Crippen molar-refractivity contribution in [1.82, 2.24) is 0 Å². The first kappa shape index (κ1) is 16.2. The lowest BCUT2D eigenvalue weighted by Crippen LogP contribution is -2.46. The molecule has 0 N–H and O–H groups in total. The van der Waals surface area contributed by atoms with Crippen molar-refractivity contribution in [2.45, 2.75) is 44.1 Å². The lowest BCUT2D eigenvalue weighted by molar-refractivity contribution is -0.303. The molecule has 1 saturated carbocycles. The maximum atomic E-state index is 12.9. The number of allylic oxidation sites excluding steroid dienone is 2. The van der Waals surface area contributed by atoms with Crippen molar-refractivity contribution in [3.63, 3.8) is 0 Å². The average molecular weight is 326 g/mol. The van der Waals surface area contributed by atoms with E-state index >= 15 is 0 Å². The third-order valence-electron chi connectivity index (χ3n) is 5.23. The van der Waals surface area contributed by atoms with Crippen LogP contribution in [0.2, 0.25) is 0 Å². The van der Waals surface area contributed by atoms with Gasteiger partial charge in [-0.1, -0.05) is 12.2 Å². The van der Waals surface area contributed by atoms with Gasteiger partial charge >= 0.3 is 12.1 Å². The summed E-state index contributed by atoms with van der Waals surface area (Å²) in [7, 11) is 0. The minimum atomic E-state index is -5.54. The molecule has 1 aliphatic heterocycles. The summed E-state index contributed by atoms with van der Waals surface area (Å²) < 4.78 is 73.1. The van der Waals surface area contributed by atoms with Crippen LogP contribution < -0.4 is 0 Å². The Morgan fingerprint density at radius 3 is 2.41 bits per heavy atom. The van der Waals surface area contributed by atoms with Crippen LogP contribution in [0.5, 0.6) is 0 Å². The highest BCUT2D eigenvalue weighted by atomic mass is 19.4. The number of halogens is 5. The van der Waals surface area contributed by atoms with Gasteiger partial charge in [-0.2, -0.15) is 22.0 Å². The molecule has 2 fully saturated rings. The summed E-state index contributed by atoms with van der Waals surface area (Å²) in [5.41, 5.74) is 0. The Balaban J connectivity index is 1.54. The molecule has 22 heavy (non-hydrogen) atoms. The van der Waals surface area contributed by atoms with Gasteiger partial charge in [0.15, 0.2) is 5.79 Å². The summed E-state index contributed by atoms with van der Waals surface area (Å²) >= 11 is 0. The minimum Gasteiger partial charge on any atom is -0.350 e. The zero-order valence-corrected chi connectivity index (χ0v) is 12.2. The highest BCUT2D eigenvalue weighted by molar-refractivity contribution is 5.14. The molecule has 5 atom stereocenters. The molecule has 3 aliphatic rings. The van der Waals surface area contributed by atoms with E-state index in [9.17, 15) is 22.0 Å². The number of alkyl halides is 5. The van der Waals surface area contributed by atoms with Crippen LogP contribution in [-0.4, -0.2) is 31.1 Å². The van der Waals surface area contributed by atoms with E-state index in [1.807, 2.05) is 0 Å². The van der Waals surface area contributed by atoms with Gasteiger partial charge in [-0.3, -0.25) is 0 Å². The molecule has 2 bridgehead atoms. The Hall–Kier alpha value is -0.690. The van der Waals surface area contributed by atoms with Gasteiger partial charge in [-0.05, 0) is 37.0 Å². The Kier molecular flexibility index (Phi) is 3.79. The summed E-state index contributed by atoms with van der Waals surface area (Å²) in [5.74, 6) is -4.04. The predicted molar refractivity (Wildman–Crippen MR) is 68.3 cm³/mol. The summed E-state index contributed by atoms with van der Waals surface area (Å²) in [6, 6.07) is 0. The SMILES string of the molecule is CC1(OCCC(F)(F)C(F)(F)F)CC2C3C=CC(C3)C2CO1. The van der Waals surface area contributed by atoms with E-state index in [0.29, 0.717) is 36.7 Å². The Morgan fingerprint density at radius 2 is 1.77 bits per heavy atom. The molecule has 0 spiro atoms. The van der Waals surface area contributed by atoms with E-state index in [2.05, 4.69) is 12.2 Å². The van der Waals surface area contributed by atoms with E-state index in [1.165, 1.54) is 0 Å². The standard InChI is InChI=1S/C15H19F5O2/c1-13(21-5-4-14(16,17)15(18,19)20)7-11-9-2-3-10(6-9)12(11)8-22-13/h2-3,9-12H,4-8H2,1H3. The molecule has 0 aromatic heterocycles. The van der Waals surface area contributed by atoms with Crippen LogP contribution in [-0.2, 0) is 9.47 Å². The van der Waals surface area contributed by atoms with Crippen LogP contribution in [0.25, 0.3) is 0 Å². The van der Waals surface area contributed by atoms with Crippen molar-refractivity contribution in [2.75, 3.05) is 13.2 Å². The average Bonchev–Trinajstić information content (AvgIpc) is 2.97. The predicted octanol–water partition coefficient (Wildman–Crippen LogP) is 4.17. The van der Waals surface area contributed by atoms with Gasteiger partial charge in [-0.15, -0.1) is 0 Å². The van der Waals surface area contributed by atoms with Crippen molar-refractivity contribution in [3.8, 4) is 0 Å².